The molecule has 2 rings (SSSR count). The van der Waals surface area contributed by atoms with Crippen molar-refractivity contribution in [3.8, 4) is 0 Å². The first-order valence-corrected chi connectivity index (χ1v) is 8.56. The molecule has 0 aliphatic heterocycles. The number of nitrogens with zero attached hydrogens (tertiary/aromatic N) is 1. The van der Waals surface area contributed by atoms with Crippen LogP contribution < -0.4 is 0 Å². The van der Waals surface area contributed by atoms with Gasteiger partial charge in [-0.1, -0.05) is 47.3 Å². The van der Waals surface area contributed by atoms with Crippen molar-refractivity contribution in [3.05, 3.63) is 34.3 Å². The maximum atomic E-state index is 10.3. The van der Waals surface area contributed by atoms with Crippen molar-refractivity contribution in [1.29, 1.82) is 0 Å². The Bertz CT molecular complexity index is 404. The maximum Gasteiger partial charge on any atom is 0.0802 e. The minimum absolute atomic E-state index is 0.360. The van der Waals surface area contributed by atoms with Gasteiger partial charge in [0, 0.05) is 17.6 Å². The van der Waals surface area contributed by atoms with Crippen LogP contribution >= 0.6 is 15.9 Å². The summed E-state index contributed by atoms with van der Waals surface area (Å²) >= 11 is 3.45. The van der Waals surface area contributed by atoms with Gasteiger partial charge in [-0.05, 0) is 49.9 Å². The zero-order chi connectivity index (χ0) is 14.4. The van der Waals surface area contributed by atoms with E-state index in [2.05, 4.69) is 27.9 Å². The first kappa shape index (κ1) is 16.0. The van der Waals surface area contributed by atoms with Gasteiger partial charge >= 0.3 is 0 Å². The lowest BCUT2D eigenvalue weighted by Gasteiger charge is -2.27. The van der Waals surface area contributed by atoms with Crippen LogP contribution in [0.4, 0.5) is 0 Å². The van der Waals surface area contributed by atoms with Gasteiger partial charge in [0.2, 0.25) is 0 Å². The fourth-order valence-electron chi connectivity index (χ4n) is 3.12. The van der Waals surface area contributed by atoms with E-state index in [-0.39, 0.29) is 6.10 Å². The van der Waals surface area contributed by atoms with Crippen LogP contribution in [0.1, 0.15) is 50.2 Å². The zero-order valence-corrected chi connectivity index (χ0v) is 14.0. The summed E-state index contributed by atoms with van der Waals surface area (Å²) in [6.45, 7) is 2.15. The third kappa shape index (κ3) is 5.19. The van der Waals surface area contributed by atoms with Crippen LogP contribution in [0.2, 0.25) is 0 Å². The molecule has 1 unspecified atom stereocenters. The van der Waals surface area contributed by atoms with Gasteiger partial charge in [0.15, 0.2) is 0 Å². The molecule has 1 aliphatic rings. The van der Waals surface area contributed by atoms with Crippen LogP contribution in [-0.2, 0) is 0 Å². The summed E-state index contributed by atoms with van der Waals surface area (Å²) in [6, 6.07) is 7.97. The Morgan fingerprint density at radius 1 is 1.30 bits per heavy atom. The highest BCUT2D eigenvalue weighted by molar-refractivity contribution is 9.10. The zero-order valence-electron chi connectivity index (χ0n) is 12.4. The maximum absolute atomic E-state index is 10.3. The summed E-state index contributed by atoms with van der Waals surface area (Å²) in [7, 11) is 2.18. The lowest BCUT2D eigenvalue weighted by atomic mass is 9.89. The first-order valence-electron chi connectivity index (χ1n) is 7.77. The van der Waals surface area contributed by atoms with Crippen molar-refractivity contribution in [3.63, 3.8) is 0 Å². The van der Waals surface area contributed by atoms with Gasteiger partial charge in [-0.15, -0.1) is 0 Å². The Kier molecular flexibility index (Phi) is 6.53. The lowest BCUT2D eigenvalue weighted by Crippen LogP contribution is -2.28. The molecule has 1 aromatic rings. The number of hydrogen-bond acceptors (Lipinski definition) is 2. The molecule has 0 heterocycles. The first-order chi connectivity index (χ1) is 9.65. The Morgan fingerprint density at radius 3 is 2.75 bits per heavy atom. The van der Waals surface area contributed by atoms with E-state index in [0.717, 1.165) is 28.9 Å². The van der Waals surface area contributed by atoms with Crippen LogP contribution in [0.3, 0.4) is 0 Å². The van der Waals surface area contributed by atoms with Crippen molar-refractivity contribution in [2.24, 2.45) is 5.92 Å². The summed E-state index contributed by atoms with van der Waals surface area (Å²) in [5.41, 5.74) is 1.01. The van der Waals surface area contributed by atoms with E-state index in [9.17, 15) is 5.11 Å². The van der Waals surface area contributed by atoms with Crippen molar-refractivity contribution < 1.29 is 5.11 Å². The molecule has 1 saturated carbocycles. The highest BCUT2D eigenvalue weighted by Crippen LogP contribution is 2.25. The van der Waals surface area contributed by atoms with Gasteiger partial charge in [-0.3, -0.25) is 0 Å². The molecule has 112 valence electrons. The summed E-state index contributed by atoms with van der Waals surface area (Å²) in [5, 5.41) is 10.3. The molecule has 3 heteroatoms. The number of aliphatic hydroxyl groups is 1. The predicted molar refractivity (Wildman–Crippen MR) is 87.8 cm³/mol. The van der Waals surface area contributed by atoms with Gasteiger partial charge in [-0.2, -0.15) is 0 Å². The minimum Gasteiger partial charge on any atom is -0.388 e. The molecule has 0 radical (unpaired) electrons. The fraction of sp³-hybridized carbons (Fsp3) is 0.647. The number of aliphatic hydroxyl groups excluding tert-OH is 1. The average Bonchev–Trinajstić information content (AvgIpc) is 2.46. The average molecular weight is 340 g/mol. The normalized spacial score (nSPS) is 18.4. The van der Waals surface area contributed by atoms with Crippen molar-refractivity contribution in [2.75, 3.05) is 20.1 Å². The number of halogens is 1. The van der Waals surface area contributed by atoms with E-state index in [0.29, 0.717) is 0 Å². The standard InChI is InChI=1S/C17H26BrNO/c1-19(13-14-6-3-2-4-7-14)11-10-17(20)15-8-5-9-16(18)12-15/h5,8-9,12,14,17,20H,2-4,6-7,10-11,13H2,1H3. The highest BCUT2D eigenvalue weighted by atomic mass is 79.9. The molecule has 1 N–H and O–H groups in total. The summed E-state index contributed by atoms with van der Waals surface area (Å²) in [4.78, 5) is 2.39. The monoisotopic (exact) mass is 339 g/mol. The second kappa shape index (κ2) is 8.16. The van der Waals surface area contributed by atoms with E-state index in [4.69, 9.17) is 0 Å². The second-order valence-electron chi connectivity index (χ2n) is 6.13. The fourth-order valence-corrected chi connectivity index (χ4v) is 3.54. The molecule has 0 saturated heterocycles. The largest absolute Gasteiger partial charge is 0.388 e. The van der Waals surface area contributed by atoms with E-state index in [1.54, 1.807) is 0 Å². The molecule has 1 fully saturated rings. The molecule has 1 aliphatic carbocycles. The third-order valence-corrected chi connectivity index (χ3v) is 4.81. The van der Waals surface area contributed by atoms with Crippen molar-refractivity contribution in [2.45, 2.75) is 44.6 Å². The van der Waals surface area contributed by atoms with Crippen LogP contribution in [0.15, 0.2) is 28.7 Å². The van der Waals surface area contributed by atoms with Crippen LogP contribution in [0.25, 0.3) is 0 Å². The van der Waals surface area contributed by atoms with Crippen molar-refractivity contribution in [1.82, 2.24) is 4.90 Å². The molecular weight excluding hydrogens is 314 g/mol. The highest BCUT2D eigenvalue weighted by Gasteiger charge is 2.16. The Labute approximate surface area is 131 Å². The van der Waals surface area contributed by atoms with Gasteiger partial charge in [0.1, 0.15) is 0 Å². The van der Waals surface area contributed by atoms with E-state index in [1.807, 2.05) is 24.3 Å². The van der Waals surface area contributed by atoms with Gasteiger partial charge in [0.25, 0.3) is 0 Å². The number of hydrogen-bond donors (Lipinski definition) is 1. The third-order valence-electron chi connectivity index (χ3n) is 4.31. The quantitative estimate of drug-likeness (QED) is 0.830. The number of rotatable bonds is 6. The smallest absolute Gasteiger partial charge is 0.0802 e. The van der Waals surface area contributed by atoms with Gasteiger partial charge in [0.05, 0.1) is 6.10 Å². The molecule has 20 heavy (non-hydrogen) atoms. The minimum atomic E-state index is -0.360. The Morgan fingerprint density at radius 2 is 2.05 bits per heavy atom. The van der Waals surface area contributed by atoms with Crippen LogP contribution in [-0.4, -0.2) is 30.1 Å². The molecular formula is C17H26BrNO. The molecule has 0 amide bonds. The Balaban J connectivity index is 1.73. The summed E-state index contributed by atoms with van der Waals surface area (Å²) < 4.78 is 1.03. The molecule has 0 bridgehead atoms. The van der Waals surface area contributed by atoms with Crippen LogP contribution in [0.5, 0.6) is 0 Å². The van der Waals surface area contributed by atoms with Gasteiger partial charge in [-0.25, -0.2) is 0 Å². The molecule has 0 aromatic heterocycles. The summed E-state index contributed by atoms with van der Waals surface area (Å²) in [5.74, 6) is 0.872. The lowest BCUT2D eigenvalue weighted by molar-refractivity contribution is 0.140. The predicted octanol–water partition coefficient (Wildman–Crippen LogP) is 4.38. The number of benzene rings is 1. The molecule has 2 nitrogen and oxygen atoms in total. The van der Waals surface area contributed by atoms with Crippen molar-refractivity contribution >= 4 is 15.9 Å². The van der Waals surface area contributed by atoms with Gasteiger partial charge < -0.3 is 10.0 Å². The Hall–Kier alpha value is -0.380. The molecule has 0 spiro atoms. The van der Waals surface area contributed by atoms with E-state index in [1.165, 1.54) is 38.6 Å². The van der Waals surface area contributed by atoms with E-state index >= 15 is 0 Å². The second-order valence-corrected chi connectivity index (χ2v) is 7.04. The molecule has 1 aromatic carbocycles. The van der Waals surface area contributed by atoms with Crippen LogP contribution in [0, 0.1) is 5.92 Å². The molecule has 1 atom stereocenters. The SMILES string of the molecule is CN(CCC(O)c1cccc(Br)c1)CC1CCCCC1. The summed E-state index contributed by atoms with van der Waals surface area (Å²) in [6.07, 6.45) is 7.44. The topological polar surface area (TPSA) is 23.5 Å². The van der Waals surface area contributed by atoms with E-state index < -0.39 is 0 Å².